The summed E-state index contributed by atoms with van der Waals surface area (Å²) in [6.45, 7) is 4.28. The summed E-state index contributed by atoms with van der Waals surface area (Å²) in [4.78, 5) is 11.0. The van der Waals surface area contributed by atoms with Crippen LogP contribution in [-0.2, 0) is 11.3 Å². The van der Waals surface area contributed by atoms with Crippen LogP contribution in [0.3, 0.4) is 0 Å². The summed E-state index contributed by atoms with van der Waals surface area (Å²) in [5, 5.41) is 16.2. The van der Waals surface area contributed by atoms with E-state index >= 15 is 0 Å². The first kappa shape index (κ1) is 16.0. The fourth-order valence-corrected chi connectivity index (χ4v) is 2.41. The molecule has 0 unspecified atom stereocenters. The predicted molar refractivity (Wildman–Crippen MR) is 88.7 cm³/mol. The third-order valence-corrected chi connectivity index (χ3v) is 3.55. The van der Waals surface area contributed by atoms with Gasteiger partial charge in [0.15, 0.2) is 0 Å². The second kappa shape index (κ2) is 7.61. The average Bonchev–Trinajstić information content (AvgIpc) is 2.50. The quantitative estimate of drug-likeness (QED) is 0.763. The summed E-state index contributed by atoms with van der Waals surface area (Å²) < 4.78 is 0. The van der Waals surface area contributed by atoms with Gasteiger partial charge in [0, 0.05) is 30.8 Å². The van der Waals surface area contributed by atoms with Gasteiger partial charge in [-0.3, -0.25) is 4.79 Å². The van der Waals surface area contributed by atoms with Crippen LogP contribution in [0.5, 0.6) is 5.75 Å². The molecule has 1 amide bonds. The van der Waals surface area contributed by atoms with Gasteiger partial charge in [0.05, 0.1) is 0 Å². The number of carbonyl (C=O) groups is 1. The number of phenolic OH excluding ortho intramolecular Hbond substituents is 1. The monoisotopic (exact) mass is 298 g/mol. The molecule has 0 heterocycles. The minimum Gasteiger partial charge on any atom is -0.508 e. The Balaban J connectivity index is 1.99. The highest BCUT2D eigenvalue weighted by Gasteiger charge is 2.12. The lowest BCUT2D eigenvalue weighted by atomic mass is 10.0. The third-order valence-electron chi connectivity index (χ3n) is 3.55. The average molecular weight is 298 g/mol. The number of rotatable bonds is 6. The summed E-state index contributed by atoms with van der Waals surface area (Å²) >= 11 is 0. The number of benzene rings is 2. The van der Waals surface area contributed by atoms with Gasteiger partial charge in [-0.05, 0) is 30.2 Å². The zero-order chi connectivity index (χ0) is 15.9. The number of phenols is 1. The molecule has 0 saturated heterocycles. The molecule has 2 aromatic rings. The van der Waals surface area contributed by atoms with E-state index in [1.54, 1.807) is 6.07 Å². The molecule has 0 saturated carbocycles. The van der Waals surface area contributed by atoms with Gasteiger partial charge in [-0.2, -0.15) is 0 Å². The Hall–Kier alpha value is -2.33. The minimum absolute atomic E-state index is 0.0727. The van der Waals surface area contributed by atoms with E-state index < -0.39 is 0 Å². The molecule has 4 nitrogen and oxygen atoms in total. The maximum Gasteiger partial charge on any atom is 0.221 e. The number of anilines is 1. The topological polar surface area (TPSA) is 61.4 Å². The van der Waals surface area contributed by atoms with Gasteiger partial charge < -0.3 is 15.7 Å². The highest BCUT2D eigenvalue weighted by Crippen LogP contribution is 2.26. The predicted octanol–water partition coefficient (Wildman–Crippen LogP) is 3.59. The number of hydrogen-bond acceptors (Lipinski definition) is 3. The first-order chi connectivity index (χ1) is 10.6. The number of aromatic hydroxyl groups is 1. The zero-order valence-corrected chi connectivity index (χ0v) is 13.0. The van der Waals surface area contributed by atoms with Gasteiger partial charge in [0.1, 0.15) is 5.75 Å². The molecule has 0 spiro atoms. The summed E-state index contributed by atoms with van der Waals surface area (Å²) in [7, 11) is 0. The highest BCUT2D eigenvalue weighted by atomic mass is 16.3. The molecule has 4 heteroatoms. The molecule has 116 valence electrons. The van der Waals surface area contributed by atoms with E-state index in [0.29, 0.717) is 12.3 Å². The first-order valence-corrected chi connectivity index (χ1v) is 7.48. The van der Waals surface area contributed by atoms with Gasteiger partial charge >= 0.3 is 0 Å². The number of hydrogen-bond donors (Lipinski definition) is 3. The Kier molecular flexibility index (Phi) is 5.55. The van der Waals surface area contributed by atoms with Crippen LogP contribution in [0.2, 0.25) is 0 Å². The lowest BCUT2D eigenvalue weighted by Crippen LogP contribution is -2.20. The van der Waals surface area contributed by atoms with Gasteiger partial charge in [0.2, 0.25) is 5.91 Å². The molecule has 22 heavy (non-hydrogen) atoms. The summed E-state index contributed by atoms with van der Waals surface area (Å²) in [6, 6.07) is 15.3. The van der Waals surface area contributed by atoms with E-state index in [9.17, 15) is 9.90 Å². The molecule has 0 aromatic heterocycles. The molecule has 0 fully saturated rings. The molecule has 1 atom stereocenters. The Bertz CT molecular complexity index is 623. The second-order valence-electron chi connectivity index (χ2n) is 5.28. The standard InChI is InChI=1S/C18H22N2O2/c1-3-17(16-6-4-5-7-18(16)22)19-12-14-8-10-15(11-9-14)20-13(2)21/h4-11,17,19,22H,3,12H2,1-2H3,(H,20,21)/t17-/m0/s1. The van der Waals surface area contributed by atoms with Crippen molar-refractivity contribution in [2.75, 3.05) is 5.32 Å². The van der Waals surface area contributed by atoms with Crippen LogP contribution in [-0.4, -0.2) is 11.0 Å². The maximum atomic E-state index is 11.0. The number of carbonyl (C=O) groups excluding carboxylic acids is 1. The molecule has 0 aliphatic carbocycles. The van der Waals surface area contributed by atoms with Crippen molar-refractivity contribution in [3.05, 3.63) is 59.7 Å². The van der Waals surface area contributed by atoms with Gasteiger partial charge in [-0.25, -0.2) is 0 Å². The number of nitrogens with one attached hydrogen (secondary N) is 2. The molecule has 2 aromatic carbocycles. The number of amides is 1. The molecule has 0 bridgehead atoms. The van der Waals surface area contributed by atoms with Gasteiger partial charge in [-0.1, -0.05) is 37.3 Å². The molecular formula is C18H22N2O2. The van der Waals surface area contributed by atoms with Crippen molar-refractivity contribution in [3.63, 3.8) is 0 Å². The Morgan fingerprint density at radius 3 is 2.41 bits per heavy atom. The van der Waals surface area contributed by atoms with E-state index in [4.69, 9.17) is 0 Å². The summed E-state index contributed by atoms with van der Waals surface area (Å²) in [5.74, 6) is 0.249. The van der Waals surface area contributed by atoms with Crippen LogP contribution >= 0.6 is 0 Å². The van der Waals surface area contributed by atoms with Crippen molar-refractivity contribution in [1.29, 1.82) is 0 Å². The van der Waals surface area contributed by atoms with Crippen molar-refractivity contribution >= 4 is 11.6 Å². The summed E-state index contributed by atoms with van der Waals surface area (Å²) in [6.07, 6.45) is 0.890. The lowest BCUT2D eigenvalue weighted by molar-refractivity contribution is -0.114. The van der Waals surface area contributed by atoms with E-state index in [-0.39, 0.29) is 11.9 Å². The summed E-state index contributed by atoms with van der Waals surface area (Å²) in [5.41, 5.74) is 2.84. The lowest BCUT2D eigenvalue weighted by Gasteiger charge is -2.18. The van der Waals surface area contributed by atoms with Crippen LogP contribution < -0.4 is 10.6 Å². The second-order valence-corrected chi connectivity index (χ2v) is 5.28. The van der Waals surface area contributed by atoms with Crippen molar-refractivity contribution < 1.29 is 9.90 Å². The molecule has 0 aliphatic heterocycles. The highest BCUT2D eigenvalue weighted by molar-refractivity contribution is 5.88. The van der Waals surface area contributed by atoms with Crippen molar-refractivity contribution in [1.82, 2.24) is 5.32 Å². The van der Waals surface area contributed by atoms with Crippen LogP contribution in [0.1, 0.15) is 37.4 Å². The van der Waals surface area contributed by atoms with E-state index in [2.05, 4.69) is 17.6 Å². The van der Waals surface area contributed by atoms with Crippen molar-refractivity contribution in [3.8, 4) is 5.75 Å². The zero-order valence-electron chi connectivity index (χ0n) is 13.0. The molecule has 2 rings (SSSR count). The Morgan fingerprint density at radius 2 is 1.82 bits per heavy atom. The molecule has 3 N–H and O–H groups in total. The smallest absolute Gasteiger partial charge is 0.221 e. The normalized spacial score (nSPS) is 11.9. The van der Waals surface area contributed by atoms with Crippen molar-refractivity contribution in [2.45, 2.75) is 32.9 Å². The molecule has 0 aliphatic rings. The van der Waals surface area contributed by atoms with Gasteiger partial charge in [-0.15, -0.1) is 0 Å². The van der Waals surface area contributed by atoms with Crippen LogP contribution in [0.15, 0.2) is 48.5 Å². The SMILES string of the molecule is CC[C@H](NCc1ccc(NC(C)=O)cc1)c1ccccc1O. The number of para-hydroxylation sites is 1. The van der Waals surface area contributed by atoms with Crippen molar-refractivity contribution in [2.24, 2.45) is 0 Å². The van der Waals surface area contributed by atoms with E-state index in [0.717, 1.165) is 23.2 Å². The minimum atomic E-state index is -0.0727. The Labute approximate surface area is 131 Å². The first-order valence-electron chi connectivity index (χ1n) is 7.48. The molecule has 0 radical (unpaired) electrons. The van der Waals surface area contributed by atoms with Gasteiger partial charge in [0.25, 0.3) is 0 Å². The van der Waals surface area contributed by atoms with E-state index in [1.165, 1.54) is 6.92 Å². The third kappa shape index (κ3) is 4.33. The van der Waals surface area contributed by atoms with Crippen LogP contribution in [0.25, 0.3) is 0 Å². The largest absolute Gasteiger partial charge is 0.508 e. The van der Waals surface area contributed by atoms with E-state index in [1.807, 2.05) is 42.5 Å². The van der Waals surface area contributed by atoms with Crippen LogP contribution in [0, 0.1) is 0 Å². The fourth-order valence-electron chi connectivity index (χ4n) is 2.41. The van der Waals surface area contributed by atoms with Crippen LogP contribution in [0.4, 0.5) is 5.69 Å². The fraction of sp³-hybridized carbons (Fsp3) is 0.278. The maximum absolute atomic E-state index is 11.0. The molecular weight excluding hydrogens is 276 g/mol. The Morgan fingerprint density at radius 1 is 1.14 bits per heavy atom.